The van der Waals surface area contributed by atoms with Crippen molar-refractivity contribution >= 4 is 5.91 Å². The molecule has 0 aromatic heterocycles. The molecule has 0 aromatic rings. The Kier molecular flexibility index (Phi) is 4.21. The molecule has 0 radical (unpaired) electrons. The predicted octanol–water partition coefficient (Wildman–Crippen LogP) is 1.35. The van der Waals surface area contributed by atoms with E-state index in [1.807, 2.05) is 0 Å². The zero-order chi connectivity index (χ0) is 14.1. The molecule has 1 aliphatic heterocycles. The molecule has 110 valence electrons. The number of likely N-dealkylation sites (N-methyl/N-ethyl adjacent to an activating group) is 1. The van der Waals surface area contributed by atoms with E-state index in [0.29, 0.717) is 11.3 Å². The van der Waals surface area contributed by atoms with E-state index >= 15 is 0 Å². The number of nitrogens with two attached hydrogens (primary N) is 1. The third-order valence-electron chi connectivity index (χ3n) is 4.66. The average molecular weight is 267 g/mol. The molecule has 19 heavy (non-hydrogen) atoms. The molecule has 4 nitrogen and oxygen atoms in total. The first-order valence-electron chi connectivity index (χ1n) is 7.67. The molecular formula is C15H29N3O. The second-order valence-electron chi connectivity index (χ2n) is 7.12. The van der Waals surface area contributed by atoms with Crippen LogP contribution >= 0.6 is 0 Å². The minimum Gasteiger partial charge on any atom is -0.368 e. The molecular weight excluding hydrogens is 238 g/mol. The Morgan fingerprint density at radius 1 is 1.47 bits per heavy atom. The molecule has 1 atom stereocenters. The number of nitrogens with one attached hydrogen (secondary N) is 1. The van der Waals surface area contributed by atoms with Gasteiger partial charge in [0.2, 0.25) is 5.91 Å². The van der Waals surface area contributed by atoms with Crippen LogP contribution in [0.4, 0.5) is 0 Å². The lowest BCUT2D eigenvalue weighted by Gasteiger charge is -2.43. The number of carbonyl (C=O) groups is 1. The molecule has 2 rings (SSSR count). The molecule has 1 aliphatic carbocycles. The van der Waals surface area contributed by atoms with E-state index in [0.717, 1.165) is 39.0 Å². The Labute approximate surface area is 117 Å². The van der Waals surface area contributed by atoms with E-state index in [1.165, 1.54) is 12.8 Å². The van der Waals surface area contributed by atoms with Crippen LogP contribution < -0.4 is 11.1 Å². The lowest BCUT2D eigenvalue weighted by atomic mass is 9.82. The Morgan fingerprint density at radius 2 is 2.16 bits per heavy atom. The summed E-state index contributed by atoms with van der Waals surface area (Å²) in [5.41, 5.74) is 5.62. The summed E-state index contributed by atoms with van der Waals surface area (Å²) >= 11 is 0. The van der Waals surface area contributed by atoms with Crippen LogP contribution in [-0.2, 0) is 4.79 Å². The van der Waals surface area contributed by atoms with Crippen molar-refractivity contribution in [3.63, 3.8) is 0 Å². The number of piperidine rings is 1. The Hall–Kier alpha value is -0.610. The van der Waals surface area contributed by atoms with Gasteiger partial charge in [-0.1, -0.05) is 20.8 Å². The highest BCUT2D eigenvalue weighted by molar-refractivity contribution is 5.86. The Bertz CT molecular complexity index is 338. The van der Waals surface area contributed by atoms with Gasteiger partial charge in [0.05, 0.1) is 0 Å². The molecule has 0 spiro atoms. The van der Waals surface area contributed by atoms with Crippen molar-refractivity contribution < 1.29 is 4.79 Å². The minimum atomic E-state index is -0.498. The summed E-state index contributed by atoms with van der Waals surface area (Å²) in [6, 6.07) is 0. The molecule has 1 amide bonds. The molecule has 1 saturated heterocycles. The van der Waals surface area contributed by atoms with Gasteiger partial charge in [-0.15, -0.1) is 0 Å². The molecule has 1 saturated carbocycles. The van der Waals surface area contributed by atoms with Gasteiger partial charge in [0.15, 0.2) is 0 Å². The smallest absolute Gasteiger partial charge is 0.239 e. The van der Waals surface area contributed by atoms with Crippen molar-refractivity contribution in [3.05, 3.63) is 0 Å². The molecule has 4 heteroatoms. The third kappa shape index (κ3) is 3.29. The Morgan fingerprint density at radius 3 is 2.63 bits per heavy atom. The second kappa shape index (κ2) is 5.41. The van der Waals surface area contributed by atoms with Crippen LogP contribution in [-0.4, -0.2) is 42.5 Å². The minimum absolute atomic E-state index is 0.166. The molecule has 2 fully saturated rings. The number of nitrogens with zero attached hydrogens (tertiary/aromatic N) is 1. The van der Waals surface area contributed by atoms with Gasteiger partial charge < -0.3 is 16.0 Å². The van der Waals surface area contributed by atoms with E-state index in [9.17, 15) is 4.79 Å². The van der Waals surface area contributed by atoms with Crippen molar-refractivity contribution in [2.45, 2.75) is 52.0 Å². The molecule has 3 N–H and O–H groups in total. The van der Waals surface area contributed by atoms with Crippen LogP contribution in [0.3, 0.4) is 0 Å². The van der Waals surface area contributed by atoms with Gasteiger partial charge in [-0.25, -0.2) is 0 Å². The highest BCUT2D eigenvalue weighted by Crippen LogP contribution is 2.41. The zero-order valence-electron chi connectivity index (χ0n) is 12.7. The van der Waals surface area contributed by atoms with Gasteiger partial charge in [-0.05, 0) is 50.1 Å². The van der Waals surface area contributed by atoms with E-state index < -0.39 is 5.54 Å². The summed E-state index contributed by atoms with van der Waals surface area (Å²) in [6.45, 7) is 10.4. The quantitative estimate of drug-likeness (QED) is 0.764. The van der Waals surface area contributed by atoms with Gasteiger partial charge in [0, 0.05) is 13.1 Å². The highest BCUT2D eigenvalue weighted by Gasteiger charge is 2.50. The number of likely N-dealkylation sites (tertiary alicyclic amines) is 1. The number of hydrogen-bond donors (Lipinski definition) is 2. The van der Waals surface area contributed by atoms with Crippen molar-refractivity contribution in [2.24, 2.45) is 17.1 Å². The monoisotopic (exact) mass is 267 g/mol. The fourth-order valence-corrected chi connectivity index (χ4v) is 3.62. The van der Waals surface area contributed by atoms with E-state index in [4.69, 9.17) is 5.73 Å². The maximum Gasteiger partial charge on any atom is 0.239 e. The summed E-state index contributed by atoms with van der Waals surface area (Å²) in [4.78, 5) is 14.5. The predicted molar refractivity (Wildman–Crippen MR) is 77.8 cm³/mol. The Balaban J connectivity index is 2.09. The molecule has 0 bridgehead atoms. The first kappa shape index (κ1) is 14.8. The van der Waals surface area contributed by atoms with E-state index in [1.54, 1.807) is 0 Å². The van der Waals surface area contributed by atoms with Crippen molar-refractivity contribution in [3.8, 4) is 0 Å². The summed E-state index contributed by atoms with van der Waals surface area (Å²) in [5.74, 6) is 0.273. The van der Waals surface area contributed by atoms with Crippen molar-refractivity contribution in [1.29, 1.82) is 0 Å². The van der Waals surface area contributed by atoms with Crippen molar-refractivity contribution in [1.82, 2.24) is 10.2 Å². The van der Waals surface area contributed by atoms with Crippen LogP contribution in [0, 0.1) is 11.3 Å². The summed E-state index contributed by atoms with van der Waals surface area (Å²) in [7, 11) is 0. The van der Waals surface area contributed by atoms with Crippen LogP contribution in [0.25, 0.3) is 0 Å². The molecule has 2 aliphatic rings. The zero-order valence-corrected chi connectivity index (χ0v) is 12.7. The standard InChI is InChI=1S/C15H29N3O/c1-4-17-15(13(16)19,12-6-7-12)11-18-9-5-8-14(2,3)10-18/h12,17H,4-11H2,1-3H3,(H2,16,19). The van der Waals surface area contributed by atoms with E-state index in [2.05, 4.69) is 31.0 Å². The van der Waals surface area contributed by atoms with Gasteiger partial charge in [-0.3, -0.25) is 4.79 Å². The van der Waals surface area contributed by atoms with Gasteiger partial charge in [0.25, 0.3) is 0 Å². The highest BCUT2D eigenvalue weighted by atomic mass is 16.1. The van der Waals surface area contributed by atoms with Crippen LogP contribution in [0.1, 0.15) is 46.5 Å². The topological polar surface area (TPSA) is 58.4 Å². The van der Waals surface area contributed by atoms with Crippen LogP contribution in [0.5, 0.6) is 0 Å². The fraction of sp³-hybridized carbons (Fsp3) is 0.933. The van der Waals surface area contributed by atoms with Crippen molar-refractivity contribution in [2.75, 3.05) is 26.2 Å². The maximum atomic E-state index is 12.1. The first-order chi connectivity index (χ1) is 8.89. The third-order valence-corrected chi connectivity index (χ3v) is 4.66. The number of amides is 1. The normalized spacial score (nSPS) is 26.9. The number of hydrogen-bond acceptors (Lipinski definition) is 3. The van der Waals surface area contributed by atoms with E-state index in [-0.39, 0.29) is 5.91 Å². The molecule has 1 heterocycles. The van der Waals surface area contributed by atoms with Gasteiger partial charge in [0.1, 0.15) is 5.54 Å². The second-order valence-corrected chi connectivity index (χ2v) is 7.12. The molecule has 0 aromatic carbocycles. The van der Waals surface area contributed by atoms with Gasteiger partial charge in [-0.2, -0.15) is 0 Å². The lowest BCUT2D eigenvalue weighted by Crippen LogP contribution is -2.64. The number of primary amides is 1. The van der Waals surface area contributed by atoms with Crippen LogP contribution in [0.2, 0.25) is 0 Å². The fourth-order valence-electron chi connectivity index (χ4n) is 3.62. The summed E-state index contributed by atoms with van der Waals surface area (Å²) in [5, 5.41) is 3.42. The van der Waals surface area contributed by atoms with Gasteiger partial charge >= 0.3 is 0 Å². The lowest BCUT2D eigenvalue weighted by molar-refractivity contribution is -0.126. The first-order valence-corrected chi connectivity index (χ1v) is 7.67. The summed E-state index contributed by atoms with van der Waals surface area (Å²) in [6.07, 6.45) is 4.76. The SMILES string of the molecule is CCNC(CN1CCCC(C)(C)C1)(C(N)=O)C1CC1. The molecule has 1 unspecified atom stereocenters. The summed E-state index contributed by atoms with van der Waals surface area (Å²) < 4.78 is 0. The average Bonchev–Trinajstić information content (AvgIpc) is 3.10. The van der Waals surface area contributed by atoms with Crippen LogP contribution in [0.15, 0.2) is 0 Å². The maximum absolute atomic E-state index is 12.1. The number of carbonyl (C=O) groups excluding carboxylic acids is 1. The number of rotatable bonds is 6. The largest absolute Gasteiger partial charge is 0.368 e.